The maximum absolute atomic E-state index is 11.9. The van der Waals surface area contributed by atoms with Crippen molar-refractivity contribution in [1.82, 2.24) is 9.78 Å². The molecule has 2 rings (SSSR count). The monoisotopic (exact) mass is 253 g/mol. The molecule has 1 aliphatic heterocycles. The number of aryl methyl sites for hydroxylation is 2. The third-order valence-electron chi connectivity index (χ3n) is 3.14. The van der Waals surface area contributed by atoms with Gasteiger partial charge in [0, 0.05) is 13.7 Å². The van der Waals surface area contributed by atoms with Crippen molar-refractivity contribution in [3.05, 3.63) is 11.4 Å². The molecule has 2 heterocycles. The molecule has 0 aromatic carbocycles. The van der Waals surface area contributed by atoms with Crippen LogP contribution in [0.15, 0.2) is 0 Å². The smallest absolute Gasteiger partial charge is 0.358 e. The van der Waals surface area contributed by atoms with E-state index in [1.54, 1.807) is 14.0 Å². The number of hydrogen-bond acceptors (Lipinski definition) is 5. The van der Waals surface area contributed by atoms with Gasteiger partial charge in [0.1, 0.15) is 6.61 Å². The van der Waals surface area contributed by atoms with Crippen LogP contribution in [0.2, 0.25) is 0 Å². The second kappa shape index (κ2) is 5.39. The fraction of sp³-hybridized carbons (Fsp3) is 0.667. The van der Waals surface area contributed by atoms with E-state index in [0.717, 1.165) is 25.9 Å². The molecule has 0 bridgehead atoms. The molecule has 1 aromatic rings. The Morgan fingerprint density at radius 3 is 2.94 bits per heavy atom. The van der Waals surface area contributed by atoms with E-state index in [1.807, 2.05) is 0 Å². The second-order valence-electron chi connectivity index (χ2n) is 4.56. The molecule has 1 atom stereocenters. The summed E-state index contributed by atoms with van der Waals surface area (Å²) in [6.45, 7) is 2.79. The van der Waals surface area contributed by atoms with Crippen LogP contribution in [-0.2, 0) is 16.5 Å². The van der Waals surface area contributed by atoms with Crippen LogP contribution in [0.4, 0.5) is 5.69 Å². The summed E-state index contributed by atoms with van der Waals surface area (Å²) in [6.07, 6.45) is 3.15. The molecular formula is C12H19N3O3. The Bertz CT molecular complexity index is 436. The first-order valence-electron chi connectivity index (χ1n) is 6.17. The molecule has 18 heavy (non-hydrogen) atoms. The minimum atomic E-state index is -0.440. The molecule has 1 fully saturated rings. The van der Waals surface area contributed by atoms with Crippen molar-refractivity contribution in [3.63, 3.8) is 0 Å². The standard InChI is InChI=1S/C12H19N3O3/c1-8-10(13)11(15(2)14-8)12(16)18-7-9-5-3-4-6-17-9/h9H,3-7,13H2,1-2H3. The molecule has 1 aromatic heterocycles. The molecular weight excluding hydrogens is 234 g/mol. The Kier molecular flexibility index (Phi) is 3.86. The van der Waals surface area contributed by atoms with Crippen LogP contribution in [-0.4, -0.2) is 35.1 Å². The summed E-state index contributed by atoms with van der Waals surface area (Å²) in [5, 5.41) is 4.09. The Morgan fingerprint density at radius 1 is 1.61 bits per heavy atom. The zero-order valence-corrected chi connectivity index (χ0v) is 10.8. The molecule has 0 saturated carbocycles. The minimum absolute atomic E-state index is 0.0123. The van der Waals surface area contributed by atoms with Gasteiger partial charge in [-0.05, 0) is 26.2 Å². The highest BCUT2D eigenvalue weighted by atomic mass is 16.6. The first kappa shape index (κ1) is 12.9. The third-order valence-corrected chi connectivity index (χ3v) is 3.14. The summed E-state index contributed by atoms with van der Waals surface area (Å²) < 4.78 is 12.2. The minimum Gasteiger partial charge on any atom is -0.458 e. The molecule has 1 unspecified atom stereocenters. The average Bonchev–Trinajstić information content (AvgIpc) is 2.62. The number of nitrogen functional groups attached to an aromatic ring is 1. The summed E-state index contributed by atoms with van der Waals surface area (Å²) in [5.41, 5.74) is 7.13. The van der Waals surface area contributed by atoms with Crippen LogP contribution in [0.25, 0.3) is 0 Å². The van der Waals surface area contributed by atoms with Gasteiger partial charge in [-0.2, -0.15) is 5.10 Å². The van der Waals surface area contributed by atoms with Crippen molar-refractivity contribution < 1.29 is 14.3 Å². The fourth-order valence-electron chi connectivity index (χ4n) is 2.09. The number of aromatic nitrogens is 2. The van der Waals surface area contributed by atoms with E-state index in [4.69, 9.17) is 15.2 Å². The predicted molar refractivity (Wildman–Crippen MR) is 66.2 cm³/mol. The summed E-state index contributed by atoms with van der Waals surface area (Å²) >= 11 is 0. The SMILES string of the molecule is Cc1nn(C)c(C(=O)OCC2CCCCO2)c1N. The highest BCUT2D eigenvalue weighted by molar-refractivity contribution is 5.93. The number of ether oxygens (including phenoxy) is 2. The Hall–Kier alpha value is -1.56. The van der Waals surface area contributed by atoms with Crippen LogP contribution >= 0.6 is 0 Å². The summed E-state index contributed by atoms with van der Waals surface area (Å²) in [7, 11) is 1.68. The first-order chi connectivity index (χ1) is 8.59. The Labute approximate surface area is 106 Å². The largest absolute Gasteiger partial charge is 0.458 e. The van der Waals surface area contributed by atoms with Crippen molar-refractivity contribution in [2.45, 2.75) is 32.3 Å². The molecule has 0 aliphatic carbocycles. The van der Waals surface area contributed by atoms with Gasteiger partial charge in [0.05, 0.1) is 17.5 Å². The van der Waals surface area contributed by atoms with E-state index >= 15 is 0 Å². The van der Waals surface area contributed by atoms with Gasteiger partial charge in [-0.25, -0.2) is 4.79 Å². The van der Waals surface area contributed by atoms with Gasteiger partial charge in [0.2, 0.25) is 0 Å². The van der Waals surface area contributed by atoms with Gasteiger partial charge < -0.3 is 15.2 Å². The van der Waals surface area contributed by atoms with Crippen LogP contribution in [0, 0.1) is 6.92 Å². The van der Waals surface area contributed by atoms with Crippen LogP contribution in [0.1, 0.15) is 35.4 Å². The molecule has 100 valence electrons. The molecule has 6 heteroatoms. The van der Waals surface area contributed by atoms with Crippen molar-refractivity contribution in [2.24, 2.45) is 7.05 Å². The number of nitrogens with zero attached hydrogens (tertiary/aromatic N) is 2. The predicted octanol–water partition coefficient (Wildman–Crippen LogP) is 1.04. The van der Waals surface area contributed by atoms with Crippen molar-refractivity contribution in [3.8, 4) is 0 Å². The quantitative estimate of drug-likeness (QED) is 0.814. The van der Waals surface area contributed by atoms with E-state index in [1.165, 1.54) is 4.68 Å². The summed E-state index contributed by atoms with van der Waals surface area (Å²) in [4.78, 5) is 11.9. The molecule has 0 spiro atoms. The number of rotatable bonds is 3. The van der Waals surface area contributed by atoms with Gasteiger partial charge in [0.15, 0.2) is 5.69 Å². The van der Waals surface area contributed by atoms with E-state index in [2.05, 4.69) is 5.10 Å². The maximum Gasteiger partial charge on any atom is 0.358 e. The summed E-state index contributed by atoms with van der Waals surface area (Å²) in [5.74, 6) is -0.440. The van der Waals surface area contributed by atoms with E-state index in [-0.39, 0.29) is 12.7 Å². The van der Waals surface area contributed by atoms with E-state index in [9.17, 15) is 4.79 Å². The maximum atomic E-state index is 11.9. The lowest BCUT2D eigenvalue weighted by atomic mass is 10.1. The van der Waals surface area contributed by atoms with Crippen molar-refractivity contribution in [2.75, 3.05) is 18.9 Å². The molecule has 0 amide bonds. The molecule has 2 N–H and O–H groups in total. The van der Waals surface area contributed by atoms with Crippen LogP contribution < -0.4 is 5.73 Å². The first-order valence-corrected chi connectivity index (χ1v) is 6.17. The van der Waals surface area contributed by atoms with E-state index in [0.29, 0.717) is 17.1 Å². The Balaban J connectivity index is 1.95. The van der Waals surface area contributed by atoms with Gasteiger partial charge in [-0.3, -0.25) is 4.68 Å². The molecule has 6 nitrogen and oxygen atoms in total. The van der Waals surface area contributed by atoms with Crippen molar-refractivity contribution >= 4 is 11.7 Å². The zero-order valence-electron chi connectivity index (χ0n) is 10.8. The summed E-state index contributed by atoms with van der Waals surface area (Å²) in [6, 6.07) is 0. The topological polar surface area (TPSA) is 79.4 Å². The van der Waals surface area contributed by atoms with Gasteiger partial charge in [-0.15, -0.1) is 0 Å². The molecule has 1 aliphatic rings. The second-order valence-corrected chi connectivity index (χ2v) is 4.56. The number of carbonyl (C=O) groups is 1. The number of anilines is 1. The number of esters is 1. The number of hydrogen-bond donors (Lipinski definition) is 1. The third kappa shape index (κ3) is 2.64. The highest BCUT2D eigenvalue weighted by Crippen LogP contribution is 2.18. The average molecular weight is 253 g/mol. The van der Waals surface area contributed by atoms with Crippen LogP contribution in [0.5, 0.6) is 0 Å². The lowest BCUT2D eigenvalue weighted by molar-refractivity contribution is -0.0303. The van der Waals surface area contributed by atoms with Crippen molar-refractivity contribution in [1.29, 1.82) is 0 Å². The molecule has 1 saturated heterocycles. The lowest BCUT2D eigenvalue weighted by Gasteiger charge is -2.22. The normalized spacial score (nSPS) is 19.8. The highest BCUT2D eigenvalue weighted by Gasteiger charge is 2.21. The van der Waals surface area contributed by atoms with Gasteiger partial charge >= 0.3 is 5.97 Å². The van der Waals surface area contributed by atoms with Gasteiger partial charge in [-0.1, -0.05) is 0 Å². The van der Waals surface area contributed by atoms with Gasteiger partial charge in [0.25, 0.3) is 0 Å². The van der Waals surface area contributed by atoms with E-state index < -0.39 is 5.97 Å². The number of carbonyl (C=O) groups excluding carboxylic acids is 1. The Morgan fingerprint density at radius 2 is 2.39 bits per heavy atom. The van der Waals surface area contributed by atoms with Crippen LogP contribution in [0.3, 0.4) is 0 Å². The molecule has 0 radical (unpaired) electrons. The number of nitrogens with two attached hydrogens (primary N) is 1. The fourth-order valence-corrected chi connectivity index (χ4v) is 2.09. The lowest BCUT2D eigenvalue weighted by Crippen LogP contribution is -2.26. The zero-order chi connectivity index (χ0) is 13.1.